The second-order valence-corrected chi connectivity index (χ2v) is 3.30. The van der Waals surface area contributed by atoms with Gasteiger partial charge < -0.3 is 4.90 Å². The average Bonchev–Trinajstić information content (AvgIpc) is 2.11. The van der Waals surface area contributed by atoms with Crippen molar-refractivity contribution in [1.82, 2.24) is 4.90 Å². The molecule has 3 heteroatoms. The monoisotopic (exact) mass is 186 g/mol. The van der Waals surface area contributed by atoms with Crippen LogP contribution in [-0.2, 0) is 0 Å². The highest BCUT2D eigenvalue weighted by Gasteiger charge is 2.04. The van der Waals surface area contributed by atoms with Crippen molar-refractivity contribution in [3.63, 3.8) is 0 Å². The van der Waals surface area contributed by atoms with Gasteiger partial charge >= 0.3 is 0 Å². The van der Waals surface area contributed by atoms with E-state index in [1.807, 2.05) is 18.9 Å². The minimum atomic E-state index is -0.184. The van der Waals surface area contributed by atoms with Crippen LogP contribution in [0.25, 0.3) is 0 Å². The topological polar surface area (TPSA) is 15.6 Å². The molecule has 0 amide bonds. The first kappa shape index (κ1) is 12.1. The van der Waals surface area contributed by atoms with Crippen LogP contribution in [0.2, 0.25) is 0 Å². The zero-order chi connectivity index (χ0) is 10.4. The van der Waals surface area contributed by atoms with E-state index in [4.69, 9.17) is 0 Å². The average molecular weight is 186 g/mol. The Hall–Kier alpha value is -0.860. The highest BCUT2D eigenvalue weighted by Crippen LogP contribution is 2.00. The quantitative estimate of drug-likeness (QED) is 0.488. The zero-order valence-corrected chi connectivity index (χ0v) is 9.13. The predicted octanol–water partition coefficient (Wildman–Crippen LogP) is 2.62. The summed E-state index contributed by atoms with van der Waals surface area (Å²) in [7, 11) is 1.96. The molecule has 0 radical (unpaired) electrons. The maximum absolute atomic E-state index is 12.7. The lowest BCUT2D eigenvalue weighted by Gasteiger charge is -2.22. The third kappa shape index (κ3) is 4.65. The molecule has 0 unspecified atom stereocenters. The van der Waals surface area contributed by atoms with Gasteiger partial charge in [-0.05, 0) is 27.7 Å². The molecule has 0 N–H and O–H groups in total. The van der Waals surface area contributed by atoms with Crippen LogP contribution in [-0.4, -0.2) is 30.4 Å². The Balaban J connectivity index is 4.17. The van der Waals surface area contributed by atoms with Gasteiger partial charge in [0.25, 0.3) is 0 Å². The van der Waals surface area contributed by atoms with Crippen molar-refractivity contribution in [3.05, 3.63) is 11.9 Å². The number of halogens is 1. The summed E-state index contributed by atoms with van der Waals surface area (Å²) >= 11 is 0. The van der Waals surface area contributed by atoms with Gasteiger partial charge in [0.2, 0.25) is 0 Å². The van der Waals surface area contributed by atoms with Gasteiger partial charge in [-0.25, -0.2) is 4.39 Å². The second-order valence-electron chi connectivity index (χ2n) is 3.30. The smallest absolute Gasteiger partial charge is 0.117 e. The molecule has 0 aromatic carbocycles. The lowest BCUT2D eigenvalue weighted by Crippen LogP contribution is -2.31. The second kappa shape index (κ2) is 5.73. The lowest BCUT2D eigenvalue weighted by atomic mass is 10.3. The van der Waals surface area contributed by atoms with Crippen LogP contribution in [0.5, 0.6) is 0 Å². The first-order chi connectivity index (χ1) is 5.99. The van der Waals surface area contributed by atoms with Crippen LogP contribution >= 0.6 is 0 Å². The van der Waals surface area contributed by atoms with E-state index in [2.05, 4.69) is 18.8 Å². The van der Waals surface area contributed by atoms with Crippen molar-refractivity contribution in [1.29, 1.82) is 0 Å². The van der Waals surface area contributed by atoms with Crippen LogP contribution in [0.15, 0.2) is 16.9 Å². The Morgan fingerprint density at radius 1 is 1.54 bits per heavy atom. The highest BCUT2D eigenvalue weighted by atomic mass is 19.1. The van der Waals surface area contributed by atoms with Gasteiger partial charge in [0, 0.05) is 13.1 Å². The molecule has 0 heterocycles. The zero-order valence-electron chi connectivity index (χ0n) is 9.13. The number of hydrogen-bond donors (Lipinski definition) is 0. The van der Waals surface area contributed by atoms with E-state index >= 15 is 0 Å². The number of hydrogen-bond acceptors (Lipinski definition) is 1. The Bertz CT molecular complexity index is 207. The molecular weight excluding hydrogens is 167 g/mol. The van der Waals surface area contributed by atoms with E-state index in [-0.39, 0.29) is 12.4 Å². The van der Waals surface area contributed by atoms with E-state index in [1.165, 1.54) is 6.08 Å². The van der Waals surface area contributed by atoms with Crippen molar-refractivity contribution >= 4 is 5.84 Å². The van der Waals surface area contributed by atoms with E-state index < -0.39 is 0 Å². The van der Waals surface area contributed by atoms with Crippen LogP contribution in [0.3, 0.4) is 0 Å². The van der Waals surface area contributed by atoms with Crippen molar-refractivity contribution in [2.24, 2.45) is 4.99 Å². The van der Waals surface area contributed by atoms with Gasteiger partial charge in [0.05, 0.1) is 12.4 Å². The fourth-order valence-corrected chi connectivity index (χ4v) is 0.766. The molecule has 0 saturated carbocycles. The van der Waals surface area contributed by atoms with Gasteiger partial charge in [-0.15, -0.1) is 0 Å². The van der Waals surface area contributed by atoms with Crippen molar-refractivity contribution in [2.75, 3.05) is 13.6 Å². The van der Waals surface area contributed by atoms with E-state index in [9.17, 15) is 4.39 Å². The molecule has 0 fully saturated rings. The third-order valence-corrected chi connectivity index (χ3v) is 2.06. The number of aliphatic imine (C=N–C) groups is 1. The van der Waals surface area contributed by atoms with Crippen molar-refractivity contribution < 1.29 is 4.39 Å². The fraction of sp³-hybridized carbons (Fsp3) is 0.700. The molecule has 0 aromatic rings. The molecule has 0 aliphatic heterocycles. The molecule has 0 saturated heterocycles. The number of amidine groups is 1. The number of allylic oxidation sites excluding steroid dienone is 1. The number of rotatable bonds is 3. The van der Waals surface area contributed by atoms with Gasteiger partial charge in [-0.1, -0.05) is 6.08 Å². The summed E-state index contributed by atoms with van der Waals surface area (Å²) in [4.78, 5) is 6.13. The van der Waals surface area contributed by atoms with E-state index in [0.717, 1.165) is 5.84 Å². The molecule has 0 aliphatic rings. The minimum absolute atomic E-state index is 0.152. The van der Waals surface area contributed by atoms with Crippen molar-refractivity contribution in [2.45, 2.75) is 33.7 Å². The number of nitrogens with zero attached hydrogens (tertiary/aromatic N) is 2. The molecule has 0 rings (SSSR count). The third-order valence-electron chi connectivity index (χ3n) is 2.06. The molecule has 76 valence electrons. The fourth-order valence-electron chi connectivity index (χ4n) is 0.766. The molecule has 0 aromatic heterocycles. The molecule has 2 nitrogen and oxygen atoms in total. The Morgan fingerprint density at radius 3 is 2.46 bits per heavy atom. The Labute approximate surface area is 80.2 Å². The molecular formula is C10H19FN2. The summed E-state index contributed by atoms with van der Waals surface area (Å²) in [6, 6.07) is 0.400. The van der Waals surface area contributed by atoms with Gasteiger partial charge in [-0.2, -0.15) is 0 Å². The Kier molecular flexibility index (Phi) is 5.35. The maximum Gasteiger partial charge on any atom is 0.117 e. The molecule has 0 bridgehead atoms. The first-order valence-electron chi connectivity index (χ1n) is 4.53. The first-order valence-corrected chi connectivity index (χ1v) is 4.53. The van der Waals surface area contributed by atoms with Gasteiger partial charge in [0.1, 0.15) is 5.83 Å². The van der Waals surface area contributed by atoms with Crippen LogP contribution in [0, 0.1) is 0 Å². The SMILES string of the molecule is C/C=C(/F)CN=C(C)N(C)C(C)C. The van der Waals surface area contributed by atoms with Gasteiger partial charge in [-0.3, -0.25) is 4.99 Å². The standard InChI is InChI=1S/C10H19FN2/c1-6-10(11)7-12-9(4)13(5)8(2)3/h6,8H,7H2,1-5H3/b10-6+,12-9?. The van der Waals surface area contributed by atoms with E-state index in [0.29, 0.717) is 6.04 Å². The van der Waals surface area contributed by atoms with E-state index in [1.54, 1.807) is 6.92 Å². The molecule has 0 aliphatic carbocycles. The summed E-state index contributed by atoms with van der Waals surface area (Å²) in [5.74, 6) is 0.684. The predicted molar refractivity (Wildman–Crippen MR) is 55.7 cm³/mol. The summed E-state index contributed by atoms with van der Waals surface area (Å²) in [5.41, 5.74) is 0. The largest absolute Gasteiger partial charge is 0.361 e. The van der Waals surface area contributed by atoms with Crippen LogP contribution in [0.1, 0.15) is 27.7 Å². The molecule has 13 heavy (non-hydrogen) atoms. The highest BCUT2D eigenvalue weighted by molar-refractivity contribution is 5.79. The summed E-state index contributed by atoms with van der Waals surface area (Å²) in [6.07, 6.45) is 1.44. The van der Waals surface area contributed by atoms with Gasteiger partial charge in [0.15, 0.2) is 0 Å². The van der Waals surface area contributed by atoms with Crippen LogP contribution in [0.4, 0.5) is 4.39 Å². The summed E-state index contributed by atoms with van der Waals surface area (Å²) in [5, 5.41) is 0. The molecule has 0 spiro atoms. The maximum atomic E-state index is 12.7. The van der Waals surface area contributed by atoms with Crippen LogP contribution < -0.4 is 0 Å². The minimum Gasteiger partial charge on any atom is -0.361 e. The summed E-state index contributed by atoms with van der Waals surface area (Å²) in [6.45, 7) is 7.87. The normalized spacial score (nSPS) is 13.8. The lowest BCUT2D eigenvalue weighted by molar-refractivity contribution is 0.413. The van der Waals surface area contributed by atoms with Crippen molar-refractivity contribution in [3.8, 4) is 0 Å². The summed E-state index contributed by atoms with van der Waals surface area (Å²) < 4.78 is 12.7. The molecule has 0 atom stereocenters. The Morgan fingerprint density at radius 2 is 2.08 bits per heavy atom.